The number of nitrogens with zero attached hydrogens (tertiary/aromatic N) is 1. The molecule has 24 heavy (non-hydrogen) atoms. The number of nitrogens with one attached hydrogen (secondary N) is 1. The van der Waals surface area contributed by atoms with E-state index in [1.165, 1.54) is 24.3 Å². The highest BCUT2D eigenvalue weighted by Gasteiger charge is 2.29. The molecule has 0 amide bonds. The highest BCUT2D eigenvalue weighted by Crippen LogP contribution is 2.30. The number of hydrogen-bond donors (Lipinski definition) is 1. The highest BCUT2D eigenvalue weighted by atomic mass is 19.1. The quantitative estimate of drug-likeness (QED) is 0.912. The molecule has 0 radical (unpaired) electrons. The van der Waals surface area contributed by atoms with Gasteiger partial charge in [-0.2, -0.15) is 0 Å². The van der Waals surface area contributed by atoms with Crippen molar-refractivity contribution >= 4 is 0 Å². The van der Waals surface area contributed by atoms with Gasteiger partial charge in [0.2, 0.25) is 0 Å². The molecule has 0 aromatic heterocycles. The molecular formula is C20H24F2N2. The third-order valence-electron chi connectivity index (χ3n) is 4.78. The minimum Gasteiger partial charge on any atom is -0.311 e. The van der Waals surface area contributed by atoms with Gasteiger partial charge in [-0.25, -0.2) is 8.78 Å². The van der Waals surface area contributed by atoms with Crippen LogP contribution in [0.15, 0.2) is 48.5 Å². The van der Waals surface area contributed by atoms with Gasteiger partial charge in [0.25, 0.3) is 0 Å². The Morgan fingerprint density at radius 1 is 0.917 bits per heavy atom. The second-order valence-corrected chi connectivity index (χ2v) is 6.81. The van der Waals surface area contributed by atoms with Crippen molar-refractivity contribution in [1.29, 1.82) is 0 Å². The standard InChI is InChI=1S/C20H24F2N2/c1-14(2)19-13-24(12-11-23-19)20(15-3-7-17(21)8-4-15)16-5-9-18(22)10-6-16/h3-10,14,19-20,23H,11-13H2,1-2H3. The van der Waals surface area contributed by atoms with Crippen LogP contribution < -0.4 is 5.32 Å². The fourth-order valence-corrected chi connectivity index (χ4v) is 3.39. The Bertz CT molecular complexity index is 607. The molecule has 0 bridgehead atoms. The van der Waals surface area contributed by atoms with E-state index in [2.05, 4.69) is 24.1 Å². The van der Waals surface area contributed by atoms with Gasteiger partial charge in [0.1, 0.15) is 11.6 Å². The average molecular weight is 330 g/mol. The molecular weight excluding hydrogens is 306 g/mol. The van der Waals surface area contributed by atoms with Gasteiger partial charge in [0.05, 0.1) is 6.04 Å². The smallest absolute Gasteiger partial charge is 0.123 e. The number of benzene rings is 2. The molecule has 2 aromatic carbocycles. The van der Waals surface area contributed by atoms with E-state index in [9.17, 15) is 8.78 Å². The maximum atomic E-state index is 13.3. The lowest BCUT2D eigenvalue weighted by molar-refractivity contribution is 0.144. The number of hydrogen-bond acceptors (Lipinski definition) is 2. The first kappa shape index (κ1) is 17.1. The summed E-state index contributed by atoms with van der Waals surface area (Å²) in [5.74, 6) is 0.0591. The van der Waals surface area contributed by atoms with E-state index < -0.39 is 0 Å². The molecule has 1 unspecified atom stereocenters. The average Bonchev–Trinajstić information content (AvgIpc) is 2.59. The largest absolute Gasteiger partial charge is 0.311 e. The van der Waals surface area contributed by atoms with Crippen LogP contribution in [0.5, 0.6) is 0 Å². The Labute approximate surface area is 142 Å². The van der Waals surface area contributed by atoms with Crippen LogP contribution in [0.2, 0.25) is 0 Å². The van der Waals surface area contributed by atoms with Gasteiger partial charge in [0.15, 0.2) is 0 Å². The number of halogens is 2. The summed E-state index contributed by atoms with van der Waals surface area (Å²) in [5, 5.41) is 3.56. The second-order valence-electron chi connectivity index (χ2n) is 6.81. The van der Waals surface area contributed by atoms with Crippen molar-refractivity contribution in [3.63, 3.8) is 0 Å². The van der Waals surface area contributed by atoms with Crippen LogP contribution in [0.3, 0.4) is 0 Å². The van der Waals surface area contributed by atoms with E-state index in [0.717, 1.165) is 30.8 Å². The summed E-state index contributed by atoms with van der Waals surface area (Å²) >= 11 is 0. The first-order valence-electron chi connectivity index (χ1n) is 8.53. The molecule has 4 heteroatoms. The third-order valence-corrected chi connectivity index (χ3v) is 4.78. The monoisotopic (exact) mass is 330 g/mol. The normalized spacial score (nSPS) is 19.2. The Morgan fingerprint density at radius 3 is 1.88 bits per heavy atom. The Balaban J connectivity index is 1.95. The lowest BCUT2D eigenvalue weighted by Crippen LogP contribution is -2.53. The van der Waals surface area contributed by atoms with Gasteiger partial charge in [0, 0.05) is 25.7 Å². The molecule has 1 heterocycles. The van der Waals surface area contributed by atoms with Crippen LogP contribution in [0.25, 0.3) is 0 Å². The van der Waals surface area contributed by atoms with Gasteiger partial charge in [-0.3, -0.25) is 4.90 Å². The minimum absolute atomic E-state index is 0.00884. The zero-order chi connectivity index (χ0) is 17.1. The first-order chi connectivity index (χ1) is 11.5. The summed E-state index contributed by atoms with van der Waals surface area (Å²) in [4.78, 5) is 2.40. The summed E-state index contributed by atoms with van der Waals surface area (Å²) < 4.78 is 26.7. The van der Waals surface area contributed by atoms with Crippen molar-refractivity contribution in [2.75, 3.05) is 19.6 Å². The van der Waals surface area contributed by atoms with Crippen LogP contribution in [0.1, 0.15) is 31.0 Å². The van der Waals surface area contributed by atoms with E-state index >= 15 is 0 Å². The molecule has 3 rings (SSSR count). The molecule has 1 atom stereocenters. The maximum absolute atomic E-state index is 13.3. The molecule has 128 valence electrons. The number of piperazine rings is 1. The SMILES string of the molecule is CC(C)C1CN(C(c2ccc(F)cc2)c2ccc(F)cc2)CCN1. The van der Waals surface area contributed by atoms with Crippen molar-refractivity contribution in [2.45, 2.75) is 25.9 Å². The van der Waals surface area contributed by atoms with Gasteiger partial charge < -0.3 is 5.32 Å². The molecule has 1 fully saturated rings. The van der Waals surface area contributed by atoms with Crippen molar-refractivity contribution in [3.8, 4) is 0 Å². The maximum Gasteiger partial charge on any atom is 0.123 e. The summed E-state index contributed by atoms with van der Waals surface area (Å²) in [5.41, 5.74) is 2.07. The highest BCUT2D eigenvalue weighted by molar-refractivity contribution is 5.32. The van der Waals surface area contributed by atoms with E-state index in [1.54, 1.807) is 0 Å². The van der Waals surface area contributed by atoms with Gasteiger partial charge in [-0.1, -0.05) is 38.1 Å². The Morgan fingerprint density at radius 2 is 1.42 bits per heavy atom. The zero-order valence-electron chi connectivity index (χ0n) is 14.2. The van der Waals surface area contributed by atoms with Gasteiger partial charge >= 0.3 is 0 Å². The van der Waals surface area contributed by atoms with Crippen molar-refractivity contribution in [2.24, 2.45) is 5.92 Å². The van der Waals surface area contributed by atoms with Crippen LogP contribution in [-0.4, -0.2) is 30.6 Å². The Kier molecular flexibility index (Phi) is 5.27. The minimum atomic E-state index is -0.239. The van der Waals surface area contributed by atoms with E-state index in [-0.39, 0.29) is 17.7 Å². The molecule has 1 N–H and O–H groups in total. The van der Waals surface area contributed by atoms with Gasteiger partial charge in [-0.05, 0) is 41.3 Å². The molecule has 1 aliphatic heterocycles. The molecule has 1 aliphatic rings. The predicted molar refractivity (Wildman–Crippen MR) is 92.8 cm³/mol. The fraction of sp³-hybridized carbons (Fsp3) is 0.400. The third kappa shape index (κ3) is 3.82. The van der Waals surface area contributed by atoms with Gasteiger partial charge in [-0.15, -0.1) is 0 Å². The number of rotatable bonds is 4. The lowest BCUT2D eigenvalue weighted by atomic mass is 9.94. The molecule has 0 saturated carbocycles. The lowest BCUT2D eigenvalue weighted by Gasteiger charge is -2.40. The molecule has 2 nitrogen and oxygen atoms in total. The van der Waals surface area contributed by atoms with Crippen LogP contribution in [0.4, 0.5) is 8.78 Å². The predicted octanol–water partition coefficient (Wildman–Crippen LogP) is 3.98. The molecule has 0 spiro atoms. The van der Waals surface area contributed by atoms with Crippen LogP contribution >= 0.6 is 0 Å². The molecule has 1 saturated heterocycles. The topological polar surface area (TPSA) is 15.3 Å². The summed E-state index contributed by atoms with van der Waals surface area (Å²) in [6.07, 6.45) is 0. The van der Waals surface area contributed by atoms with Crippen LogP contribution in [0, 0.1) is 17.6 Å². The van der Waals surface area contributed by atoms with Crippen molar-refractivity contribution < 1.29 is 8.78 Å². The molecule has 0 aliphatic carbocycles. The summed E-state index contributed by atoms with van der Waals surface area (Å²) in [6.45, 7) is 7.17. The van der Waals surface area contributed by atoms with Crippen molar-refractivity contribution in [1.82, 2.24) is 10.2 Å². The first-order valence-corrected chi connectivity index (χ1v) is 8.53. The van der Waals surface area contributed by atoms with E-state index in [0.29, 0.717) is 12.0 Å². The summed E-state index contributed by atoms with van der Waals surface area (Å²) in [6, 6.07) is 13.7. The zero-order valence-corrected chi connectivity index (χ0v) is 14.2. The van der Waals surface area contributed by atoms with E-state index in [1.807, 2.05) is 24.3 Å². The van der Waals surface area contributed by atoms with Crippen LogP contribution in [-0.2, 0) is 0 Å². The molecule has 2 aromatic rings. The Hall–Kier alpha value is -1.78. The fourth-order valence-electron chi connectivity index (χ4n) is 3.39. The van der Waals surface area contributed by atoms with E-state index in [4.69, 9.17) is 0 Å². The summed E-state index contributed by atoms with van der Waals surface area (Å²) in [7, 11) is 0. The second kappa shape index (κ2) is 7.41. The van der Waals surface area contributed by atoms with Crippen molar-refractivity contribution in [3.05, 3.63) is 71.3 Å².